The summed E-state index contributed by atoms with van der Waals surface area (Å²) in [5.74, 6) is 1.34. The predicted octanol–water partition coefficient (Wildman–Crippen LogP) is 4.83. The standard InChI is InChI=1S/C27H27N3O6/c1-5-23(26(31)30-22-15-19(34-3)11-13-24(22)35-4)36-27(32)17-8-12-20-21(14-17)29-25(28-20)16-6-9-18(33-2)10-7-16/h6-15,23H,5H2,1-4H3,(H,28,29)(H,30,31). The lowest BCUT2D eigenvalue weighted by molar-refractivity contribution is -0.124. The van der Waals surface area contributed by atoms with E-state index in [1.54, 1.807) is 50.4 Å². The van der Waals surface area contributed by atoms with Crippen molar-refractivity contribution in [2.75, 3.05) is 26.6 Å². The van der Waals surface area contributed by atoms with E-state index in [-0.39, 0.29) is 6.42 Å². The normalized spacial score (nSPS) is 11.6. The van der Waals surface area contributed by atoms with Gasteiger partial charge in [0.2, 0.25) is 0 Å². The van der Waals surface area contributed by atoms with Crippen molar-refractivity contribution in [3.05, 3.63) is 66.2 Å². The average molecular weight is 490 g/mol. The lowest BCUT2D eigenvalue weighted by atomic mass is 10.2. The number of anilines is 1. The second kappa shape index (κ2) is 10.8. The van der Waals surface area contributed by atoms with Gasteiger partial charge in [-0.3, -0.25) is 4.79 Å². The molecule has 0 aliphatic rings. The van der Waals surface area contributed by atoms with E-state index < -0.39 is 18.0 Å². The number of carbonyl (C=O) groups is 2. The largest absolute Gasteiger partial charge is 0.497 e. The van der Waals surface area contributed by atoms with E-state index in [9.17, 15) is 9.59 Å². The van der Waals surface area contributed by atoms with Crippen LogP contribution in [0.1, 0.15) is 23.7 Å². The number of aromatic amines is 1. The molecule has 0 radical (unpaired) electrons. The number of hydrogen-bond acceptors (Lipinski definition) is 7. The van der Waals surface area contributed by atoms with E-state index in [0.29, 0.717) is 39.6 Å². The number of amides is 1. The highest BCUT2D eigenvalue weighted by Crippen LogP contribution is 2.29. The first-order valence-electron chi connectivity index (χ1n) is 11.3. The molecule has 2 N–H and O–H groups in total. The quantitative estimate of drug-likeness (QED) is 0.324. The fourth-order valence-corrected chi connectivity index (χ4v) is 3.67. The first-order valence-corrected chi connectivity index (χ1v) is 11.3. The summed E-state index contributed by atoms with van der Waals surface area (Å²) in [5, 5.41) is 2.76. The van der Waals surface area contributed by atoms with Crippen molar-refractivity contribution in [2.24, 2.45) is 0 Å². The van der Waals surface area contributed by atoms with Crippen LogP contribution in [0.4, 0.5) is 5.69 Å². The van der Waals surface area contributed by atoms with Crippen molar-refractivity contribution in [3.8, 4) is 28.6 Å². The molecule has 0 aliphatic heterocycles. The van der Waals surface area contributed by atoms with Crippen LogP contribution in [-0.2, 0) is 9.53 Å². The van der Waals surface area contributed by atoms with Gasteiger partial charge in [0.05, 0.1) is 43.6 Å². The van der Waals surface area contributed by atoms with E-state index in [1.807, 2.05) is 24.3 Å². The molecule has 4 rings (SSSR count). The third kappa shape index (κ3) is 5.25. The molecule has 1 unspecified atom stereocenters. The molecule has 1 atom stereocenters. The van der Waals surface area contributed by atoms with Crippen LogP contribution in [0.3, 0.4) is 0 Å². The van der Waals surface area contributed by atoms with E-state index in [0.717, 1.165) is 11.3 Å². The number of hydrogen-bond donors (Lipinski definition) is 2. The van der Waals surface area contributed by atoms with Crippen LogP contribution in [-0.4, -0.2) is 49.3 Å². The van der Waals surface area contributed by atoms with Gasteiger partial charge < -0.3 is 29.2 Å². The van der Waals surface area contributed by atoms with Gasteiger partial charge in [-0.05, 0) is 61.0 Å². The van der Waals surface area contributed by atoms with Crippen LogP contribution in [0, 0.1) is 0 Å². The molecule has 1 heterocycles. The van der Waals surface area contributed by atoms with Crippen molar-refractivity contribution in [2.45, 2.75) is 19.4 Å². The third-order valence-corrected chi connectivity index (χ3v) is 5.66. The Labute approximate surface area is 208 Å². The number of benzene rings is 3. The highest BCUT2D eigenvalue weighted by Gasteiger charge is 2.24. The van der Waals surface area contributed by atoms with Crippen LogP contribution in [0.2, 0.25) is 0 Å². The van der Waals surface area contributed by atoms with Crippen LogP contribution in [0.15, 0.2) is 60.7 Å². The van der Waals surface area contributed by atoms with Crippen molar-refractivity contribution in [1.29, 1.82) is 0 Å². The number of nitrogens with zero attached hydrogens (tertiary/aromatic N) is 1. The Bertz CT molecular complexity index is 1380. The minimum Gasteiger partial charge on any atom is -0.497 e. The fraction of sp³-hybridized carbons (Fsp3) is 0.222. The molecule has 0 aliphatic carbocycles. The van der Waals surface area contributed by atoms with Gasteiger partial charge in [-0.1, -0.05) is 6.92 Å². The zero-order valence-corrected chi connectivity index (χ0v) is 20.5. The van der Waals surface area contributed by atoms with Crippen LogP contribution >= 0.6 is 0 Å². The summed E-state index contributed by atoms with van der Waals surface area (Å²) in [6.45, 7) is 1.76. The molecule has 186 valence electrons. The summed E-state index contributed by atoms with van der Waals surface area (Å²) in [6.07, 6.45) is -0.710. The maximum Gasteiger partial charge on any atom is 0.338 e. The molecule has 3 aromatic carbocycles. The summed E-state index contributed by atoms with van der Waals surface area (Å²) >= 11 is 0. The molecule has 0 saturated carbocycles. The van der Waals surface area contributed by atoms with Gasteiger partial charge in [0.25, 0.3) is 5.91 Å². The zero-order chi connectivity index (χ0) is 25.7. The summed E-state index contributed by atoms with van der Waals surface area (Å²) in [6, 6.07) is 17.5. The summed E-state index contributed by atoms with van der Waals surface area (Å²) in [7, 11) is 4.64. The molecule has 9 nitrogen and oxygen atoms in total. The second-order valence-corrected chi connectivity index (χ2v) is 7.90. The number of rotatable bonds is 9. The zero-order valence-electron chi connectivity index (χ0n) is 20.5. The monoisotopic (exact) mass is 489 g/mol. The summed E-state index contributed by atoms with van der Waals surface area (Å²) in [5.41, 5.74) is 2.98. The first-order chi connectivity index (χ1) is 17.4. The Morgan fingerprint density at radius 1 is 0.917 bits per heavy atom. The molecule has 0 spiro atoms. The number of imidazole rings is 1. The number of methoxy groups -OCH3 is 3. The van der Waals surface area contributed by atoms with Gasteiger partial charge in [0.15, 0.2) is 6.10 Å². The summed E-state index contributed by atoms with van der Waals surface area (Å²) < 4.78 is 21.3. The number of aromatic nitrogens is 2. The second-order valence-electron chi connectivity index (χ2n) is 7.90. The number of carbonyl (C=O) groups excluding carboxylic acids is 2. The number of ether oxygens (including phenoxy) is 4. The first kappa shape index (κ1) is 24.6. The smallest absolute Gasteiger partial charge is 0.338 e. The fourth-order valence-electron chi connectivity index (χ4n) is 3.67. The Kier molecular flexibility index (Phi) is 7.39. The topological polar surface area (TPSA) is 112 Å². The van der Waals surface area contributed by atoms with E-state index in [1.165, 1.54) is 14.2 Å². The molecule has 1 aromatic heterocycles. The van der Waals surface area contributed by atoms with Crippen LogP contribution < -0.4 is 19.5 Å². The Morgan fingerprint density at radius 2 is 1.64 bits per heavy atom. The molecule has 1 amide bonds. The van der Waals surface area contributed by atoms with Gasteiger partial charge in [-0.25, -0.2) is 9.78 Å². The van der Waals surface area contributed by atoms with Crippen molar-refractivity contribution >= 4 is 28.6 Å². The van der Waals surface area contributed by atoms with E-state index >= 15 is 0 Å². The van der Waals surface area contributed by atoms with E-state index in [2.05, 4.69) is 15.3 Å². The number of esters is 1. The van der Waals surface area contributed by atoms with Gasteiger partial charge in [0, 0.05) is 11.6 Å². The van der Waals surface area contributed by atoms with Crippen LogP contribution in [0.25, 0.3) is 22.4 Å². The molecule has 9 heteroatoms. The SMILES string of the molecule is CCC(OC(=O)c1ccc2nc(-c3ccc(OC)cc3)[nH]c2c1)C(=O)Nc1cc(OC)ccc1OC. The van der Waals surface area contributed by atoms with Gasteiger partial charge in [-0.2, -0.15) is 0 Å². The molecule has 36 heavy (non-hydrogen) atoms. The average Bonchev–Trinajstić information content (AvgIpc) is 3.35. The number of fused-ring (bicyclic) bond motifs is 1. The van der Waals surface area contributed by atoms with Crippen molar-refractivity contribution in [1.82, 2.24) is 9.97 Å². The van der Waals surface area contributed by atoms with Crippen LogP contribution in [0.5, 0.6) is 17.2 Å². The van der Waals surface area contributed by atoms with Crippen molar-refractivity contribution < 1.29 is 28.5 Å². The van der Waals surface area contributed by atoms with Crippen molar-refractivity contribution in [3.63, 3.8) is 0 Å². The van der Waals surface area contributed by atoms with E-state index in [4.69, 9.17) is 18.9 Å². The lowest BCUT2D eigenvalue weighted by Crippen LogP contribution is -2.32. The predicted molar refractivity (Wildman–Crippen MR) is 136 cm³/mol. The maximum absolute atomic E-state index is 12.9. The molecule has 0 saturated heterocycles. The number of nitrogens with one attached hydrogen (secondary N) is 2. The van der Waals surface area contributed by atoms with Gasteiger partial charge in [-0.15, -0.1) is 0 Å². The minimum atomic E-state index is -0.999. The third-order valence-electron chi connectivity index (χ3n) is 5.66. The Balaban J connectivity index is 1.49. The molecule has 4 aromatic rings. The number of H-pyrrole nitrogens is 1. The Hall–Kier alpha value is -4.53. The maximum atomic E-state index is 12.9. The molecular weight excluding hydrogens is 462 g/mol. The molecule has 0 bridgehead atoms. The summed E-state index contributed by atoms with van der Waals surface area (Å²) in [4.78, 5) is 33.6. The molecular formula is C27H27N3O6. The van der Waals surface area contributed by atoms with Gasteiger partial charge in [0.1, 0.15) is 23.1 Å². The van der Waals surface area contributed by atoms with Gasteiger partial charge >= 0.3 is 5.97 Å². The highest BCUT2D eigenvalue weighted by atomic mass is 16.5. The highest BCUT2D eigenvalue weighted by molar-refractivity contribution is 5.99. The lowest BCUT2D eigenvalue weighted by Gasteiger charge is -2.17. The minimum absolute atomic E-state index is 0.289. The molecule has 0 fully saturated rings. The Morgan fingerprint density at radius 3 is 2.31 bits per heavy atom.